The lowest BCUT2D eigenvalue weighted by Gasteiger charge is -2.24. The highest BCUT2D eigenvalue weighted by molar-refractivity contribution is 6.60. The topological polar surface area (TPSA) is 49.5 Å². The predicted octanol–water partition coefficient (Wildman–Crippen LogP) is 1.70. The smallest absolute Gasteiger partial charge is 0.381 e. The molecule has 1 fully saturated rings. The molecule has 1 saturated heterocycles. The lowest BCUT2D eigenvalue weighted by Crippen LogP contribution is -2.42. The van der Waals surface area contributed by atoms with Crippen LogP contribution in [0.5, 0.6) is 0 Å². The highest BCUT2D eigenvalue weighted by Crippen LogP contribution is 2.23. The van der Waals surface area contributed by atoms with Crippen molar-refractivity contribution in [3.05, 3.63) is 0 Å². The van der Waals surface area contributed by atoms with Crippen molar-refractivity contribution >= 4 is 8.80 Å². The molecule has 2 atom stereocenters. The van der Waals surface area contributed by atoms with Gasteiger partial charge < -0.3 is 22.8 Å². The van der Waals surface area contributed by atoms with Crippen molar-refractivity contribution < 1.29 is 22.8 Å². The molecule has 0 aliphatic carbocycles. The molecule has 2 unspecified atom stereocenters. The summed E-state index contributed by atoms with van der Waals surface area (Å²) >= 11 is 0. The van der Waals surface area contributed by atoms with Crippen LogP contribution in [0.4, 0.5) is 0 Å². The third-order valence-corrected chi connectivity index (χ3v) is 6.28. The fourth-order valence-electron chi connectivity index (χ4n) is 2.00. The van der Waals surface area contributed by atoms with Gasteiger partial charge in [0.25, 0.3) is 0 Å². The normalized spacial score (nSPS) is 21.0. The van der Waals surface area contributed by atoms with E-state index in [1.807, 2.05) is 0 Å². The van der Waals surface area contributed by atoms with Gasteiger partial charge in [-0.15, -0.1) is 0 Å². The van der Waals surface area contributed by atoms with Gasteiger partial charge in [-0.1, -0.05) is 6.92 Å². The second-order valence-corrected chi connectivity index (χ2v) is 7.60. The van der Waals surface area contributed by atoms with E-state index in [1.54, 1.807) is 21.3 Å². The van der Waals surface area contributed by atoms with E-state index >= 15 is 0 Å². The first kappa shape index (κ1) is 16.1. The Morgan fingerprint density at radius 3 is 2.28 bits per heavy atom. The van der Waals surface area contributed by atoms with Gasteiger partial charge in [0.2, 0.25) is 0 Å². The molecule has 0 spiro atoms. The van der Waals surface area contributed by atoms with Crippen LogP contribution in [0.15, 0.2) is 0 Å². The first-order chi connectivity index (χ1) is 8.71. The standard InChI is InChI=1S/C12H26O5Si/c1-5-11(12-10-17-12)9-16-7-6-8-18(13-2,14-3)15-4/h11-12H,5-10H2,1-4H3. The highest BCUT2D eigenvalue weighted by atomic mass is 28.4. The van der Waals surface area contributed by atoms with Crippen molar-refractivity contribution in [1.29, 1.82) is 0 Å². The number of ether oxygens (including phenoxy) is 2. The summed E-state index contributed by atoms with van der Waals surface area (Å²) in [5.74, 6) is 0.541. The van der Waals surface area contributed by atoms with E-state index in [2.05, 4.69) is 6.92 Å². The van der Waals surface area contributed by atoms with E-state index in [0.29, 0.717) is 18.6 Å². The van der Waals surface area contributed by atoms with Gasteiger partial charge in [-0.3, -0.25) is 0 Å². The molecular formula is C12H26O5Si. The highest BCUT2D eigenvalue weighted by Gasteiger charge is 2.37. The predicted molar refractivity (Wildman–Crippen MR) is 70.5 cm³/mol. The molecule has 18 heavy (non-hydrogen) atoms. The molecule has 0 amide bonds. The summed E-state index contributed by atoms with van der Waals surface area (Å²) in [5, 5.41) is 0. The summed E-state index contributed by atoms with van der Waals surface area (Å²) in [6, 6.07) is 0.785. The molecule has 0 aromatic rings. The molecule has 0 saturated carbocycles. The molecule has 6 heteroatoms. The molecule has 0 N–H and O–H groups in total. The lowest BCUT2D eigenvalue weighted by atomic mass is 10.0. The Kier molecular flexibility index (Phi) is 7.36. The quantitative estimate of drug-likeness (QED) is 0.327. The van der Waals surface area contributed by atoms with Crippen LogP contribution in [0.2, 0.25) is 6.04 Å². The minimum Gasteiger partial charge on any atom is -0.381 e. The largest absolute Gasteiger partial charge is 0.500 e. The summed E-state index contributed by atoms with van der Waals surface area (Å²) in [4.78, 5) is 0. The second kappa shape index (κ2) is 8.24. The molecule has 1 rings (SSSR count). The Bertz CT molecular complexity index is 210. The van der Waals surface area contributed by atoms with Crippen molar-refractivity contribution in [2.24, 2.45) is 5.92 Å². The van der Waals surface area contributed by atoms with Gasteiger partial charge in [-0.05, 0) is 12.8 Å². The third kappa shape index (κ3) is 4.95. The lowest BCUT2D eigenvalue weighted by molar-refractivity contribution is 0.0793. The molecular weight excluding hydrogens is 252 g/mol. The van der Waals surface area contributed by atoms with Crippen LogP contribution in [0.3, 0.4) is 0 Å². The summed E-state index contributed by atoms with van der Waals surface area (Å²) < 4.78 is 27.0. The van der Waals surface area contributed by atoms with Crippen molar-refractivity contribution in [3.8, 4) is 0 Å². The van der Waals surface area contributed by atoms with Gasteiger partial charge in [-0.25, -0.2) is 0 Å². The zero-order valence-electron chi connectivity index (χ0n) is 11.9. The monoisotopic (exact) mass is 278 g/mol. The Balaban J connectivity index is 2.09. The van der Waals surface area contributed by atoms with E-state index in [9.17, 15) is 0 Å². The van der Waals surface area contributed by atoms with Crippen molar-refractivity contribution in [2.45, 2.75) is 31.9 Å². The molecule has 0 radical (unpaired) electrons. The van der Waals surface area contributed by atoms with Crippen LogP contribution in [0, 0.1) is 5.92 Å². The Morgan fingerprint density at radius 2 is 1.83 bits per heavy atom. The molecule has 5 nitrogen and oxygen atoms in total. The van der Waals surface area contributed by atoms with Gasteiger partial charge in [0.15, 0.2) is 0 Å². The average molecular weight is 278 g/mol. The van der Waals surface area contributed by atoms with Crippen LogP contribution in [0.1, 0.15) is 19.8 Å². The van der Waals surface area contributed by atoms with Crippen molar-refractivity contribution in [1.82, 2.24) is 0 Å². The maximum atomic E-state index is 5.69. The van der Waals surface area contributed by atoms with Crippen LogP contribution >= 0.6 is 0 Å². The van der Waals surface area contributed by atoms with Crippen LogP contribution in [-0.4, -0.2) is 56.1 Å². The summed E-state index contributed by atoms with van der Waals surface area (Å²) in [6.45, 7) is 4.57. The van der Waals surface area contributed by atoms with E-state index in [-0.39, 0.29) is 0 Å². The zero-order chi connectivity index (χ0) is 13.4. The van der Waals surface area contributed by atoms with Gasteiger partial charge in [0.1, 0.15) is 0 Å². The minimum atomic E-state index is -2.42. The van der Waals surface area contributed by atoms with Crippen LogP contribution in [-0.2, 0) is 22.8 Å². The number of rotatable bonds is 11. The van der Waals surface area contributed by atoms with E-state index in [4.69, 9.17) is 22.8 Å². The molecule has 0 bridgehead atoms. The Morgan fingerprint density at radius 1 is 1.22 bits per heavy atom. The fraction of sp³-hybridized carbons (Fsp3) is 1.00. The van der Waals surface area contributed by atoms with Crippen LogP contribution < -0.4 is 0 Å². The number of hydrogen-bond donors (Lipinski definition) is 0. The van der Waals surface area contributed by atoms with E-state index < -0.39 is 8.80 Å². The van der Waals surface area contributed by atoms with Crippen molar-refractivity contribution in [3.63, 3.8) is 0 Å². The SMILES string of the molecule is CCC(COCCC[Si](OC)(OC)OC)C1CO1. The fourth-order valence-corrected chi connectivity index (χ4v) is 3.69. The first-order valence-corrected chi connectivity index (χ1v) is 8.49. The van der Waals surface area contributed by atoms with Crippen LogP contribution in [0.25, 0.3) is 0 Å². The average Bonchev–Trinajstić information content (AvgIpc) is 3.24. The molecule has 0 aromatic heterocycles. The molecule has 108 valence electrons. The first-order valence-electron chi connectivity index (χ1n) is 6.56. The summed E-state index contributed by atoms with van der Waals surface area (Å²) in [6.07, 6.45) is 2.43. The number of hydrogen-bond acceptors (Lipinski definition) is 5. The molecule has 1 aliphatic rings. The Labute approximate surface area is 111 Å². The van der Waals surface area contributed by atoms with Gasteiger partial charge in [-0.2, -0.15) is 0 Å². The maximum Gasteiger partial charge on any atom is 0.500 e. The van der Waals surface area contributed by atoms with Crippen molar-refractivity contribution in [2.75, 3.05) is 41.2 Å². The number of epoxide rings is 1. The second-order valence-electron chi connectivity index (χ2n) is 4.51. The molecule has 0 aromatic carbocycles. The summed E-state index contributed by atoms with van der Waals surface area (Å²) in [5.41, 5.74) is 0. The maximum absolute atomic E-state index is 5.69. The minimum absolute atomic E-state index is 0.431. The zero-order valence-corrected chi connectivity index (χ0v) is 12.9. The van der Waals surface area contributed by atoms with E-state index in [1.165, 1.54) is 0 Å². The van der Waals surface area contributed by atoms with Gasteiger partial charge >= 0.3 is 8.80 Å². The van der Waals surface area contributed by atoms with Gasteiger partial charge in [0.05, 0.1) is 19.3 Å². The molecule has 1 aliphatic heterocycles. The molecule has 1 heterocycles. The van der Waals surface area contributed by atoms with E-state index in [0.717, 1.165) is 32.1 Å². The Hall–Kier alpha value is 0.0169. The third-order valence-electron chi connectivity index (χ3n) is 3.45. The van der Waals surface area contributed by atoms with Gasteiger partial charge in [0, 0.05) is 39.9 Å². The summed E-state index contributed by atoms with van der Waals surface area (Å²) in [7, 11) is 2.49.